The number of amides is 1. The summed E-state index contributed by atoms with van der Waals surface area (Å²) >= 11 is 1.28. The fraction of sp³-hybridized carbons (Fsp3) is 0.154. The fourth-order valence-electron chi connectivity index (χ4n) is 3.39. The molecule has 0 aliphatic rings. The first-order chi connectivity index (χ1) is 16.1. The Morgan fingerprint density at radius 2 is 1.73 bits per heavy atom. The Bertz CT molecular complexity index is 1280. The first kappa shape index (κ1) is 22.5. The molecule has 3 aromatic carbocycles. The van der Waals surface area contributed by atoms with Crippen LogP contribution in [0.15, 0.2) is 83.1 Å². The maximum absolute atomic E-state index is 12.2. The molecule has 0 fully saturated rings. The van der Waals surface area contributed by atoms with Gasteiger partial charge in [-0.05, 0) is 48.4 Å². The number of nitrogens with zero attached hydrogens (tertiary/aromatic N) is 3. The summed E-state index contributed by atoms with van der Waals surface area (Å²) < 4.78 is 6.09. The molecule has 0 bridgehead atoms. The van der Waals surface area contributed by atoms with Gasteiger partial charge in [0, 0.05) is 17.0 Å². The summed E-state index contributed by atoms with van der Waals surface area (Å²) in [6.45, 7) is 4.25. The number of hydrogen-bond donors (Lipinski definition) is 1. The summed E-state index contributed by atoms with van der Waals surface area (Å²) in [5, 5.41) is 7.03. The van der Waals surface area contributed by atoms with Gasteiger partial charge in [0.1, 0.15) is 12.4 Å². The monoisotopic (exact) mass is 456 g/mol. The van der Waals surface area contributed by atoms with Gasteiger partial charge in [-0.15, -0.1) is 0 Å². The van der Waals surface area contributed by atoms with Crippen LogP contribution in [-0.4, -0.2) is 27.8 Å². The van der Waals surface area contributed by atoms with Crippen molar-refractivity contribution in [1.29, 1.82) is 0 Å². The number of para-hydroxylation sites is 1. The van der Waals surface area contributed by atoms with Crippen LogP contribution in [0, 0.1) is 13.8 Å². The quantitative estimate of drug-likeness (QED) is 0.173. The minimum Gasteiger partial charge on any atom is -0.488 e. The number of thioether (sulfide) groups is 1. The minimum atomic E-state index is -0.229. The third kappa shape index (κ3) is 6.17. The smallest absolute Gasteiger partial charge is 0.250 e. The van der Waals surface area contributed by atoms with E-state index in [-0.39, 0.29) is 11.7 Å². The predicted octanol–water partition coefficient (Wildman–Crippen LogP) is 5.07. The van der Waals surface area contributed by atoms with Gasteiger partial charge < -0.3 is 4.74 Å². The van der Waals surface area contributed by atoms with Crippen molar-refractivity contribution in [1.82, 2.24) is 15.4 Å². The van der Waals surface area contributed by atoms with Crippen molar-refractivity contribution < 1.29 is 9.53 Å². The van der Waals surface area contributed by atoms with Crippen molar-refractivity contribution in [2.24, 2.45) is 5.10 Å². The van der Waals surface area contributed by atoms with Crippen molar-refractivity contribution in [3.63, 3.8) is 0 Å². The molecule has 0 saturated heterocycles. The Hall–Kier alpha value is -3.71. The third-order valence-electron chi connectivity index (χ3n) is 4.87. The number of carbonyl (C=O) groups excluding carboxylic acids is 1. The Morgan fingerprint density at radius 1 is 1.00 bits per heavy atom. The zero-order chi connectivity index (χ0) is 23.0. The van der Waals surface area contributed by atoms with Gasteiger partial charge in [0.15, 0.2) is 5.16 Å². The molecule has 7 heteroatoms. The zero-order valence-electron chi connectivity index (χ0n) is 18.5. The molecular formula is C26H24N4O2S. The van der Waals surface area contributed by atoms with Gasteiger partial charge in [0.25, 0.3) is 5.91 Å². The van der Waals surface area contributed by atoms with Crippen molar-refractivity contribution in [3.05, 3.63) is 95.3 Å². The van der Waals surface area contributed by atoms with E-state index in [1.54, 1.807) is 6.21 Å². The Labute approximate surface area is 197 Å². The highest BCUT2D eigenvalue weighted by atomic mass is 32.2. The average molecular weight is 457 g/mol. The van der Waals surface area contributed by atoms with Crippen LogP contribution in [-0.2, 0) is 11.4 Å². The lowest BCUT2D eigenvalue weighted by atomic mass is 10.1. The van der Waals surface area contributed by atoms with Crippen LogP contribution in [0.3, 0.4) is 0 Å². The number of nitrogens with one attached hydrogen (secondary N) is 1. The number of ether oxygens (including phenoxy) is 1. The lowest BCUT2D eigenvalue weighted by Gasteiger charge is -2.11. The minimum absolute atomic E-state index is 0.180. The molecule has 1 heterocycles. The number of benzene rings is 3. The molecule has 0 aliphatic carbocycles. The van der Waals surface area contributed by atoms with Crippen molar-refractivity contribution in [3.8, 4) is 5.75 Å². The first-order valence-corrected chi connectivity index (χ1v) is 11.5. The van der Waals surface area contributed by atoms with Crippen molar-refractivity contribution in [2.45, 2.75) is 25.6 Å². The molecule has 6 nitrogen and oxygen atoms in total. The van der Waals surface area contributed by atoms with E-state index in [1.807, 2.05) is 62.4 Å². The van der Waals surface area contributed by atoms with Crippen molar-refractivity contribution in [2.75, 3.05) is 5.75 Å². The molecule has 0 aliphatic heterocycles. The van der Waals surface area contributed by atoms with Crippen LogP contribution in [0.1, 0.15) is 22.5 Å². The van der Waals surface area contributed by atoms with Crippen LogP contribution in [0.2, 0.25) is 0 Å². The molecule has 1 aromatic heterocycles. The predicted molar refractivity (Wildman–Crippen MR) is 133 cm³/mol. The second kappa shape index (κ2) is 10.7. The van der Waals surface area contributed by atoms with Gasteiger partial charge in [0.05, 0.1) is 12.0 Å². The van der Waals surface area contributed by atoms with Crippen LogP contribution >= 0.6 is 11.8 Å². The number of aromatic nitrogens is 2. The topological polar surface area (TPSA) is 76.5 Å². The second-order valence-corrected chi connectivity index (χ2v) is 8.42. The number of fused-ring (bicyclic) bond motifs is 1. The van der Waals surface area contributed by atoms with Gasteiger partial charge in [-0.25, -0.2) is 15.4 Å². The van der Waals surface area contributed by atoms with Crippen LogP contribution < -0.4 is 10.2 Å². The summed E-state index contributed by atoms with van der Waals surface area (Å²) in [7, 11) is 0. The molecular weight excluding hydrogens is 432 g/mol. The lowest BCUT2D eigenvalue weighted by molar-refractivity contribution is -0.118. The van der Waals surface area contributed by atoms with Crippen LogP contribution in [0.5, 0.6) is 5.75 Å². The summed E-state index contributed by atoms with van der Waals surface area (Å²) in [4.78, 5) is 20.8. The van der Waals surface area contributed by atoms with E-state index in [0.29, 0.717) is 17.5 Å². The Morgan fingerprint density at radius 3 is 2.58 bits per heavy atom. The number of hydrazone groups is 1. The first-order valence-electron chi connectivity index (χ1n) is 10.5. The van der Waals surface area contributed by atoms with E-state index in [9.17, 15) is 4.79 Å². The average Bonchev–Trinajstić information content (AvgIpc) is 2.81. The van der Waals surface area contributed by atoms with Gasteiger partial charge in [0.2, 0.25) is 0 Å². The molecule has 1 amide bonds. The number of hydrogen-bond acceptors (Lipinski definition) is 6. The molecule has 0 spiro atoms. The molecule has 0 radical (unpaired) electrons. The van der Waals surface area contributed by atoms with E-state index < -0.39 is 0 Å². The normalized spacial score (nSPS) is 11.1. The molecule has 4 aromatic rings. The van der Waals surface area contributed by atoms with E-state index in [4.69, 9.17) is 4.74 Å². The second-order valence-electron chi connectivity index (χ2n) is 7.48. The summed E-state index contributed by atoms with van der Waals surface area (Å²) in [6.07, 6.45) is 1.59. The van der Waals surface area contributed by atoms with Crippen molar-refractivity contribution >= 4 is 34.7 Å². The van der Waals surface area contributed by atoms with Gasteiger partial charge in [-0.3, -0.25) is 4.79 Å². The summed E-state index contributed by atoms with van der Waals surface area (Å²) in [5.41, 5.74) is 6.20. The van der Waals surface area contributed by atoms with Gasteiger partial charge in [-0.2, -0.15) is 5.10 Å². The number of carbonyl (C=O) groups is 1. The maximum Gasteiger partial charge on any atom is 0.250 e. The van der Waals surface area contributed by atoms with Crippen LogP contribution in [0.25, 0.3) is 10.8 Å². The molecule has 1 N–H and O–H groups in total. The molecule has 0 saturated carbocycles. The number of aryl methyl sites for hydroxylation is 2. The molecule has 0 atom stereocenters. The van der Waals surface area contributed by atoms with Gasteiger partial charge in [-0.1, -0.05) is 66.4 Å². The molecule has 0 unspecified atom stereocenters. The molecule has 33 heavy (non-hydrogen) atoms. The van der Waals surface area contributed by atoms with Crippen LogP contribution in [0.4, 0.5) is 0 Å². The lowest BCUT2D eigenvalue weighted by Crippen LogP contribution is -2.20. The highest BCUT2D eigenvalue weighted by Crippen LogP contribution is 2.22. The summed E-state index contributed by atoms with van der Waals surface area (Å²) in [5.74, 6) is 0.647. The van der Waals surface area contributed by atoms with E-state index in [1.165, 1.54) is 22.5 Å². The molecule has 166 valence electrons. The standard InChI is InChI=1S/C26H24N4O2S/c1-18-14-19(2)29-26(28-18)33-17-25(31)30-27-15-21-9-4-6-13-24(21)32-16-22-11-7-10-20-8-3-5-12-23(20)22/h3-15H,16-17H2,1-2H3,(H,30,31)/b27-15-. The van der Waals surface area contributed by atoms with Gasteiger partial charge >= 0.3 is 0 Å². The van der Waals surface area contributed by atoms with E-state index in [2.05, 4.69) is 44.8 Å². The molecule has 4 rings (SSSR count). The summed E-state index contributed by atoms with van der Waals surface area (Å²) in [6, 6.07) is 23.9. The Balaban J connectivity index is 1.35. The highest BCUT2D eigenvalue weighted by Gasteiger charge is 2.07. The highest BCUT2D eigenvalue weighted by molar-refractivity contribution is 7.99. The fourth-order valence-corrected chi connectivity index (χ4v) is 4.13. The SMILES string of the molecule is Cc1cc(C)nc(SCC(=O)N/N=C\c2ccccc2OCc2cccc3ccccc23)n1. The number of rotatable bonds is 8. The third-order valence-corrected chi connectivity index (χ3v) is 5.72. The van der Waals surface area contributed by atoms with E-state index in [0.717, 1.165) is 22.5 Å². The zero-order valence-corrected chi connectivity index (χ0v) is 19.3. The maximum atomic E-state index is 12.2. The largest absolute Gasteiger partial charge is 0.488 e. The Kier molecular flexibility index (Phi) is 7.32. The van der Waals surface area contributed by atoms with E-state index >= 15 is 0 Å².